The van der Waals surface area contributed by atoms with E-state index >= 15 is 0 Å². The van der Waals surface area contributed by atoms with Crippen LogP contribution in [0.3, 0.4) is 0 Å². The lowest BCUT2D eigenvalue weighted by atomic mass is 10.2. The molecule has 0 unspecified atom stereocenters. The number of carbonyl (C=O) groups excluding carboxylic acids is 2. The maximum absolute atomic E-state index is 12.1. The van der Waals surface area contributed by atoms with E-state index in [0.29, 0.717) is 0 Å². The monoisotopic (exact) mass is 420 g/mol. The SMILES string of the molecule is COCCNS(=O)(=O)c1ccc(C(=O)NNC(=O)CNc2ccc(C)cc2)cc1. The molecule has 4 N–H and O–H groups in total. The molecule has 0 fully saturated rings. The molecular formula is C19H24N4O5S. The minimum atomic E-state index is -3.68. The highest BCUT2D eigenvalue weighted by molar-refractivity contribution is 7.89. The van der Waals surface area contributed by atoms with Gasteiger partial charge < -0.3 is 10.1 Å². The third kappa shape index (κ3) is 7.18. The lowest BCUT2D eigenvalue weighted by Gasteiger charge is -2.10. The normalized spacial score (nSPS) is 11.0. The number of nitrogens with one attached hydrogen (secondary N) is 4. The molecule has 10 heteroatoms. The number of amides is 2. The number of benzene rings is 2. The second kappa shape index (κ2) is 10.6. The molecule has 9 nitrogen and oxygen atoms in total. The molecule has 2 aromatic carbocycles. The van der Waals surface area contributed by atoms with Gasteiger partial charge in [-0.1, -0.05) is 17.7 Å². The number of aryl methyl sites for hydroxylation is 1. The van der Waals surface area contributed by atoms with Gasteiger partial charge in [0.25, 0.3) is 11.8 Å². The first kappa shape index (κ1) is 22.3. The third-order valence-electron chi connectivity index (χ3n) is 3.85. The molecule has 0 aliphatic heterocycles. The summed E-state index contributed by atoms with van der Waals surface area (Å²) in [4.78, 5) is 24.0. The molecule has 0 radical (unpaired) electrons. The molecule has 156 valence electrons. The minimum absolute atomic E-state index is 0.0202. The van der Waals surface area contributed by atoms with Gasteiger partial charge >= 0.3 is 0 Å². The van der Waals surface area contributed by atoms with E-state index in [2.05, 4.69) is 20.9 Å². The second-order valence-electron chi connectivity index (χ2n) is 6.14. The first-order valence-corrected chi connectivity index (χ1v) is 10.3. The van der Waals surface area contributed by atoms with E-state index in [1.54, 1.807) is 0 Å². The summed E-state index contributed by atoms with van der Waals surface area (Å²) in [5.41, 5.74) is 6.68. The maximum atomic E-state index is 12.1. The summed E-state index contributed by atoms with van der Waals surface area (Å²) in [6.07, 6.45) is 0. The van der Waals surface area contributed by atoms with E-state index < -0.39 is 21.8 Å². The van der Waals surface area contributed by atoms with Gasteiger partial charge in [-0.3, -0.25) is 20.4 Å². The summed E-state index contributed by atoms with van der Waals surface area (Å²) in [6, 6.07) is 12.9. The summed E-state index contributed by atoms with van der Waals surface area (Å²) in [6.45, 7) is 2.33. The van der Waals surface area contributed by atoms with Crippen LogP contribution in [-0.2, 0) is 19.6 Å². The van der Waals surface area contributed by atoms with Gasteiger partial charge in [-0.15, -0.1) is 0 Å². The number of methoxy groups -OCH3 is 1. The van der Waals surface area contributed by atoms with Gasteiger partial charge in [0.2, 0.25) is 10.0 Å². The van der Waals surface area contributed by atoms with Gasteiger partial charge in [0.05, 0.1) is 18.0 Å². The van der Waals surface area contributed by atoms with Crippen LogP contribution >= 0.6 is 0 Å². The van der Waals surface area contributed by atoms with Gasteiger partial charge in [0.15, 0.2) is 0 Å². The first-order chi connectivity index (χ1) is 13.8. The van der Waals surface area contributed by atoms with Crippen LogP contribution in [0.15, 0.2) is 53.4 Å². The Bertz CT molecular complexity index is 928. The number of rotatable bonds is 9. The standard InChI is InChI=1S/C19H24N4O5S/c1-14-3-7-16(8-4-14)20-13-18(24)22-23-19(25)15-5-9-17(10-6-15)29(26,27)21-11-12-28-2/h3-10,20-21H,11-13H2,1-2H3,(H,22,24)(H,23,25). The van der Waals surface area contributed by atoms with Crippen LogP contribution in [0.5, 0.6) is 0 Å². The molecule has 2 aromatic rings. The number of carbonyl (C=O) groups is 2. The Kier molecular flexibility index (Phi) is 8.13. The minimum Gasteiger partial charge on any atom is -0.383 e. The van der Waals surface area contributed by atoms with Crippen molar-refractivity contribution in [2.24, 2.45) is 0 Å². The molecule has 0 aliphatic carbocycles. The Hall–Kier alpha value is -2.95. The average molecular weight is 420 g/mol. The van der Waals surface area contributed by atoms with E-state index in [1.165, 1.54) is 31.4 Å². The van der Waals surface area contributed by atoms with E-state index in [1.807, 2.05) is 31.2 Å². The van der Waals surface area contributed by atoms with Crippen LogP contribution in [0.1, 0.15) is 15.9 Å². The van der Waals surface area contributed by atoms with E-state index in [4.69, 9.17) is 4.74 Å². The van der Waals surface area contributed by atoms with Crippen molar-refractivity contribution in [3.8, 4) is 0 Å². The molecule has 2 amide bonds. The molecule has 0 aliphatic rings. The fourth-order valence-electron chi connectivity index (χ4n) is 2.24. The Morgan fingerprint density at radius 1 is 0.966 bits per heavy atom. The fourth-order valence-corrected chi connectivity index (χ4v) is 3.26. The summed E-state index contributed by atoms with van der Waals surface area (Å²) in [7, 11) is -2.21. The highest BCUT2D eigenvalue weighted by Crippen LogP contribution is 2.10. The highest BCUT2D eigenvalue weighted by Gasteiger charge is 2.14. The van der Waals surface area contributed by atoms with Crippen LogP contribution < -0.4 is 20.9 Å². The van der Waals surface area contributed by atoms with Crippen LogP contribution in [0.2, 0.25) is 0 Å². The highest BCUT2D eigenvalue weighted by atomic mass is 32.2. The lowest BCUT2D eigenvalue weighted by molar-refractivity contribution is -0.120. The lowest BCUT2D eigenvalue weighted by Crippen LogP contribution is -2.44. The number of ether oxygens (including phenoxy) is 1. The van der Waals surface area contributed by atoms with Crippen molar-refractivity contribution >= 4 is 27.5 Å². The molecule has 0 saturated carbocycles. The smallest absolute Gasteiger partial charge is 0.269 e. The number of sulfonamides is 1. The fraction of sp³-hybridized carbons (Fsp3) is 0.263. The summed E-state index contributed by atoms with van der Waals surface area (Å²) in [5.74, 6) is -0.995. The Morgan fingerprint density at radius 3 is 2.24 bits per heavy atom. The molecule has 0 aromatic heterocycles. The molecule has 0 bridgehead atoms. The van der Waals surface area contributed by atoms with E-state index in [0.717, 1.165) is 11.3 Å². The number of anilines is 1. The summed E-state index contributed by atoms with van der Waals surface area (Å²) < 4.78 is 31.3. The van der Waals surface area contributed by atoms with Crippen molar-refractivity contribution in [1.29, 1.82) is 0 Å². The van der Waals surface area contributed by atoms with Gasteiger partial charge in [-0.05, 0) is 43.3 Å². The van der Waals surface area contributed by atoms with Gasteiger partial charge in [-0.2, -0.15) is 0 Å². The molecule has 2 rings (SSSR count). The molecular weight excluding hydrogens is 396 g/mol. The molecule has 0 atom stereocenters. The van der Waals surface area contributed by atoms with Crippen molar-refractivity contribution < 1.29 is 22.7 Å². The molecule has 29 heavy (non-hydrogen) atoms. The number of hydrogen-bond donors (Lipinski definition) is 4. The zero-order valence-electron chi connectivity index (χ0n) is 16.2. The second-order valence-corrected chi connectivity index (χ2v) is 7.90. The van der Waals surface area contributed by atoms with Crippen molar-refractivity contribution in [3.63, 3.8) is 0 Å². The zero-order chi connectivity index (χ0) is 21.3. The van der Waals surface area contributed by atoms with Crippen LogP contribution in [0.4, 0.5) is 5.69 Å². The summed E-state index contributed by atoms with van der Waals surface area (Å²) in [5, 5.41) is 2.93. The average Bonchev–Trinajstić information content (AvgIpc) is 2.71. The van der Waals surface area contributed by atoms with Crippen molar-refractivity contribution in [2.45, 2.75) is 11.8 Å². The van der Waals surface area contributed by atoms with Gasteiger partial charge in [0, 0.05) is 24.9 Å². The third-order valence-corrected chi connectivity index (χ3v) is 5.32. The van der Waals surface area contributed by atoms with Crippen molar-refractivity contribution in [1.82, 2.24) is 15.6 Å². The molecule has 0 spiro atoms. The number of hydrazine groups is 1. The summed E-state index contributed by atoms with van der Waals surface area (Å²) >= 11 is 0. The first-order valence-electron chi connectivity index (χ1n) is 8.80. The van der Waals surface area contributed by atoms with Crippen LogP contribution in [0.25, 0.3) is 0 Å². The van der Waals surface area contributed by atoms with Gasteiger partial charge in [-0.25, -0.2) is 13.1 Å². The van der Waals surface area contributed by atoms with Crippen LogP contribution in [0, 0.1) is 6.92 Å². The van der Waals surface area contributed by atoms with E-state index in [9.17, 15) is 18.0 Å². The number of hydrogen-bond acceptors (Lipinski definition) is 6. The van der Waals surface area contributed by atoms with E-state index in [-0.39, 0.29) is 30.2 Å². The predicted molar refractivity (Wildman–Crippen MR) is 109 cm³/mol. The Morgan fingerprint density at radius 2 is 1.62 bits per heavy atom. The molecule has 0 saturated heterocycles. The van der Waals surface area contributed by atoms with Crippen LogP contribution in [-0.4, -0.2) is 47.0 Å². The van der Waals surface area contributed by atoms with Gasteiger partial charge in [0.1, 0.15) is 0 Å². The predicted octanol–water partition coefficient (Wildman–Crippen LogP) is 0.793. The molecule has 0 heterocycles. The quantitative estimate of drug-likeness (QED) is 0.351. The largest absolute Gasteiger partial charge is 0.383 e. The Balaban J connectivity index is 1.82. The topological polar surface area (TPSA) is 126 Å². The van der Waals surface area contributed by atoms with Crippen molar-refractivity contribution in [3.05, 3.63) is 59.7 Å². The maximum Gasteiger partial charge on any atom is 0.269 e. The zero-order valence-corrected chi connectivity index (χ0v) is 17.0. The Labute approximate surface area is 169 Å². The van der Waals surface area contributed by atoms with Crippen molar-refractivity contribution in [2.75, 3.05) is 32.1 Å².